The highest BCUT2D eigenvalue weighted by Gasteiger charge is 2.17. The Morgan fingerprint density at radius 3 is 2.94 bits per heavy atom. The number of hydrogen-bond donors (Lipinski definition) is 1. The fourth-order valence-corrected chi connectivity index (χ4v) is 1.40. The third-order valence-electron chi connectivity index (χ3n) is 1.97. The first-order valence-electron chi connectivity index (χ1n) is 5.21. The van der Waals surface area contributed by atoms with Crippen molar-refractivity contribution in [2.24, 2.45) is 0 Å². The first kappa shape index (κ1) is 13.7. The van der Waals surface area contributed by atoms with Gasteiger partial charge in [-0.05, 0) is 6.92 Å². The molecule has 0 bridgehead atoms. The number of carboxylic acid groups (broad SMARTS) is 1. The molecular weight excluding hydrogens is 246 g/mol. The second kappa shape index (κ2) is 7.09. The molecule has 0 amide bonds. The quantitative estimate of drug-likeness (QED) is 0.811. The van der Waals surface area contributed by atoms with E-state index in [2.05, 4.69) is 4.98 Å². The fraction of sp³-hybridized carbons (Fsp3) is 0.455. The number of aromatic nitrogens is 1. The molecule has 94 valence electrons. The molecule has 0 saturated heterocycles. The van der Waals surface area contributed by atoms with Gasteiger partial charge in [0.25, 0.3) is 0 Å². The lowest BCUT2D eigenvalue weighted by Crippen LogP contribution is -2.26. The van der Waals surface area contributed by atoms with E-state index in [4.69, 9.17) is 26.2 Å². The second-order valence-corrected chi connectivity index (χ2v) is 3.69. The van der Waals surface area contributed by atoms with E-state index in [-0.39, 0.29) is 13.0 Å². The molecule has 0 saturated carbocycles. The van der Waals surface area contributed by atoms with Crippen molar-refractivity contribution in [3.63, 3.8) is 0 Å². The van der Waals surface area contributed by atoms with Crippen LogP contribution in [0.15, 0.2) is 18.5 Å². The third-order valence-corrected chi connectivity index (χ3v) is 2.18. The standard InChI is InChI=1S/C11H14ClNO4/c1-2-16-10(11(14)15)3-4-17-9-5-8(12)6-13-7-9/h5-7,10H,2-4H2,1H3,(H,14,15). The van der Waals surface area contributed by atoms with Crippen LogP contribution in [0, 0.1) is 0 Å². The van der Waals surface area contributed by atoms with Gasteiger partial charge >= 0.3 is 5.97 Å². The summed E-state index contributed by atoms with van der Waals surface area (Å²) in [7, 11) is 0. The van der Waals surface area contributed by atoms with E-state index < -0.39 is 12.1 Å². The predicted molar refractivity (Wildman–Crippen MR) is 62.4 cm³/mol. The zero-order valence-electron chi connectivity index (χ0n) is 9.43. The largest absolute Gasteiger partial charge is 0.492 e. The van der Waals surface area contributed by atoms with Crippen LogP contribution in [-0.2, 0) is 9.53 Å². The highest BCUT2D eigenvalue weighted by molar-refractivity contribution is 6.30. The maximum atomic E-state index is 10.8. The van der Waals surface area contributed by atoms with E-state index in [9.17, 15) is 4.79 Å². The van der Waals surface area contributed by atoms with Crippen LogP contribution in [0.2, 0.25) is 5.02 Å². The number of carbonyl (C=O) groups is 1. The average Bonchev–Trinajstić information content (AvgIpc) is 2.28. The highest BCUT2D eigenvalue weighted by atomic mass is 35.5. The summed E-state index contributed by atoms with van der Waals surface area (Å²) in [5, 5.41) is 9.31. The van der Waals surface area contributed by atoms with Crippen LogP contribution in [0.5, 0.6) is 5.75 Å². The molecule has 5 nitrogen and oxygen atoms in total. The molecular formula is C11H14ClNO4. The molecule has 1 aromatic heterocycles. The van der Waals surface area contributed by atoms with E-state index in [1.54, 1.807) is 13.0 Å². The molecule has 17 heavy (non-hydrogen) atoms. The van der Waals surface area contributed by atoms with Gasteiger partial charge in [0.1, 0.15) is 5.75 Å². The molecule has 0 aromatic carbocycles. The molecule has 6 heteroatoms. The van der Waals surface area contributed by atoms with E-state index >= 15 is 0 Å². The van der Waals surface area contributed by atoms with Crippen molar-refractivity contribution >= 4 is 17.6 Å². The number of halogens is 1. The van der Waals surface area contributed by atoms with Gasteiger partial charge in [-0.2, -0.15) is 0 Å². The summed E-state index contributed by atoms with van der Waals surface area (Å²) in [5.74, 6) is -0.474. The monoisotopic (exact) mass is 259 g/mol. The average molecular weight is 260 g/mol. The fourth-order valence-electron chi connectivity index (χ4n) is 1.23. The van der Waals surface area contributed by atoms with Crippen LogP contribution >= 0.6 is 11.6 Å². The number of rotatable bonds is 7. The molecule has 0 aliphatic heterocycles. The molecule has 0 aliphatic rings. The van der Waals surface area contributed by atoms with Crippen LogP contribution < -0.4 is 4.74 Å². The number of aliphatic carboxylic acids is 1. The predicted octanol–water partition coefficient (Wildman–Crippen LogP) is 1.99. The van der Waals surface area contributed by atoms with Crippen molar-refractivity contribution in [3.8, 4) is 5.75 Å². The van der Waals surface area contributed by atoms with Crippen molar-refractivity contribution in [2.45, 2.75) is 19.4 Å². The lowest BCUT2D eigenvalue weighted by Gasteiger charge is -2.12. The number of carboxylic acids is 1. The molecule has 1 aromatic rings. The summed E-state index contributed by atoms with van der Waals surface area (Å²) in [5.41, 5.74) is 0. The smallest absolute Gasteiger partial charge is 0.332 e. The number of nitrogens with zero attached hydrogens (tertiary/aromatic N) is 1. The van der Waals surface area contributed by atoms with E-state index in [0.717, 1.165) is 0 Å². The minimum atomic E-state index is -0.986. The molecule has 0 spiro atoms. The van der Waals surface area contributed by atoms with Crippen LogP contribution in [0.4, 0.5) is 0 Å². The van der Waals surface area contributed by atoms with Crippen LogP contribution in [0.1, 0.15) is 13.3 Å². The Kier molecular flexibility index (Phi) is 5.72. The Morgan fingerprint density at radius 1 is 1.59 bits per heavy atom. The van der Waals surface area contributed by atoms with Crippen molar-refractivity contribution in [1.82, 2.24) is 4.98 Å². The van der Waals surface area contributed by atoms with Crippen molar-refractivity contribution < 1.29 is 19.4 Å². The Balaban J connectivity index is 2.38. The summed E-state index contributed by atoms with van der Waals surface area (Å²) in [6.45, 7) is 2.34. The normalized spacial score (nSPS) is 12.1. The van der Waals surface area contributed by atoms with Crippen molar-refractivity contribution in [2.75, 3.05) is 13.2 Å². The topological polar surface area (TPSA) is 68.7 Å². The molecule has 0 radical (unpaired) electrons. The van der Waals surface area contributed by atoms with Crippen LogP contribution in [0.25, 0.3) is 0 Å². The molecule has 1 atom stereocenters. The molecule has 0 aliphatic carbocycles. The van der Waals surface area contributed by atoms with Crippen LogP contribution in [0.3, 0.4) is 0 Å². The second-order valence-electron chi connectivity index (χ2n) is 3.26. The molecule has 0 fully saturated rings. The Bertz CT molecular complexity index is 372. The van der Waals surface area contributed by atoms with E-state index in [0.29, 0.717) is 17.4 Å². The van der Waals surface area contributed by atoms with Crippen molar-refractivity contribution in [1.29, 1.82) is 0 Å². The van der Waals surface area contributed by atoms with Gasteiger partial charge in [-0.15, -0.1) is 0 Å². The van der Waals surface area contributed by atoms with E-state index in [1.165, 1.54) is 12.4 Å². The first-order valence-corrected chi connectivity index (χ1v) is 5.59. The van der Waals surface area contributed by atoms with Gasteiger partial charge in [0.05, 0.1) is 17.8 Å². The first-order chi connectivity index (χ1) is 8.13. The molecule has 1 N–H and O–H groups in total. The van der Waals surface area contributed by atoms with E-state index in [1.807, 2.05) is 0 Å². The maximum absolute atomic E-state index is 10.8. The van der Waals surface area contributed by atoms with Gasteiger partial charge in [0, 0.05) is 25.3 Å². The minimum absolute atomic E-state index is 0.235. The summed E-state index contributed by atoms with van der Waals surface area (Å²) in [6, 6.07) is 1.62. The lowest BCUT2D eigenvalue weighted by atomic mass is 10.2. The minimum Gasteiger partial charge on any atom is -0.492 e. The number of ether oxygens (including phenoxy) is 2. The zero-order valence-corrected chi connectivity index (χ0v) is 10.2. The number of pyridine rings is 1. The highest BCUT2D eigenvalue weighted by Crippen LogP contribution is 2.15. The van der Waals surface area contributed by atoms with Crippen molar-refractivity contribution in [3.05, 3.63) is 23.5 Å². The summed E-state index contributed by atoms with van der Waals surface area (Å²) >= 11 is 5.73. The summed E-state index contributed by atoms with van der Waals surface area (Å²) in [6.07, 6.45) is 2.44. The van der Waals surface area contributed by atoms with Gasteiger partial charge in [0.2, 0.25) is 0 Å². The van der Waals surface area contributed by atoms with Gasteiger partial charge in [-0.3, -0.25) is 4.98 Å². The number of hydrogen-bond acceptors (Lipinski definition) is 4. The Labute approximate surface area is 104 Å². The van der Waals surface area contributed by atoms with Crippen LogP contribution in [-0.4, -0.2) is 35.4 Å². The zero-order chi connectivity index (χ0) is 12.7. The third kappa shape index (κ3) is 5.01. The van der Waals surface area contributed by atoms with Gasteiger partial charge in [0.15, 0.2) is 6.10 Å². The van der Waals surface area contributed by atoms with Gasteiger partial charge in [-0.1, -0.05) is 11.6 Å². The Hall–Kier alpha value is -1.33. The maximum Gasteiger partial charge on any atom is 0.332 e. The summed E-state index contributed by atoms with van der Waals surface area (Å²) in [4.78, 5) is 14.6. The van der Waals surface area contributed by atoms with Gasteiger partial charge in [-0.25, -0.2) is 4.79 Å². The summed E-state index contributed by atoms with van der Waals surface area (Å²) < 4.78 is 10.4. The molecule has 1 unspecified atom stereocenters. The lowest BCUT2D eigenvalue weighted by molar-refractivity contribution is -0.150. The molecule has 1 heterocycles. The Morgan fingerprint density at radius 2 is 2.35 bits per heavy atom. The SMILES string of the molecule is CCOC(CCOc1cncc(Cl)c1)C(=O)O. The molecule has 1 rings (SSSR count). The van der Waals surface area contributed by atoms with Gasteiger partial charge < -0.3 is 14.6 Å².